The van der Waals surface area contributed by atoms with Gasteiger partial charge in [-0.05, 0) is 43.2 Å². The molecule has 3 heteroatoms. The summed E-state index contributed by atoms with van der Waals surface area (Å²) in [5, 5.41) is 6.72. The second-order valence-electron chi connectivity index (χ2n) is 5.28. The van der Waals surface area contributed by atoms with Gasteiger partial charge in [0.1, 0.15) is 0 Å². The minimum absolute atomic E-state index is 0.338. The first-order valence-corrected chi connectivity index (χ1v) is 7.44. The summed E-state index contributed by atoms with van der Waals surface area (Å²) >= 11 is 5.92. The van der Waals surface area contributed by atoms with Gasteiger partial charge in [-0.3, -0.25) is 4.98 Å². The van der Waals surface area contributed by atoms with Gasteiger partial charge < -0.3 is 5.32 Å². The number of fused-ring (bicyclic) bond motifs is 1. The molecular weight excluding hydrogens is 280 g/mol. The summed E-state index contributed by atoms with van der Waals surface area (Å²) in [6, 6.07) is 16.7. The van der Waals surface area contributed by atoms with Crippen LogP contribution in [-0.2, 0) is 6.42 Å². The van der Waals surface area contributed by atoms with E-state index in [-0.39, 0.29) is 0 Å². The number of rotatable bonds is 4. The fourth-order valence-electron chi connectivity index (χ4n) is 2.54. The third kappa shape index (κ3) is 3.34. The fraction of sp³-hybridized carbons (Fsp3) is 0.167. The number of hydrogen-bond acceptors (Lipinski definition) is 2. The zero-order valence-electron chi connectivity index (χ0n) is 11.9. The minimum atomic E-state index is 0.338. The molecule has 106 valence electrons. The van der Waals surface area contributed by atoms with Crippen LogP contribution < -0.4 is 5.32 Å². The Morgan fingerprint density at radius 1 is 1.10 bits per heavy atom. The largest absolute Gasteiger partial charge is 0.382 e. The van der Waals surface area contributed by atoms with Gasteiger partial charge in [0, 0.05) is 39.9 Å². The highest BCUT2D eigenvalue weighted by molar-refractivity contribution is 6.30. The molecule has 1 unspecified atom stereocenters. The topological polar surface area (TPSA) is 24.9 Å². The van der Waals surface area contributed by atoms with Crippen LogP contribution in [0.2, 0.25) is 5.02 Å². The van der Waals surface area contributed by atoms with Crippen LogP contribution in [0.4, 0.5) is 5.69 Å². The number of benzene rings is 2. The molecule has 0 saturated carbocycles. The molecule has 3 rings (SSSR count). The first-order valence-electron chi connectivity index (χ1n) is 7.06. The maximum atomic E-state index is 5.92. The number of nitrogens with one attached hydrogen (secondary N) is 1. The van der Waals surface area contributed by atoms with Crippen molar-refractivity contribution in [3.8, 4) is 0 Å². The van der Waals surface area contributed by atoms with Crippen LogP contribution in [0.25, 0.3) is 10.8 Å². The van der Waals surface area contributed by atoms with Gasteiger partial charge in [-0.25, -0.2) is 0 Å². The second-order valence-corrected chi connectivity index (χ2v) is 5.71. The molecule has 0 saturated heterocycles. The summed E-state index contributed by atoms with van der Waals surface area (Å²) < 4.78 is 0. The highest BCUT2D eigenvalue weighted by Crippen LogP contribution is 2.23. The van der Waals surface area contributed by atoms with E-state index in [0.717, 1.165) is 22.5 Å². The number of halogens is 1. The maximum absolute atomic E-state index is 5.92. The number of aromatic nitrogens is 1. The number of nitrogens with zero attached hydrogens (tertiary/aromatic N) is 1. The average molecular weight is 297 g/mol. The van der Waals surface area contributed by atoms with Crippen molar-refractivity contribution in [2.24, 2.45) is 0 Å². The van der Waals surface area contributed by atoms with Crippen LogP contribution in [0.1, 0.15) is 12.5 Å². The Morgan fingerprint density at radius 2 is 1.90 bits per heavy atom. The van der Waals surface area contributed by atoms with E-state index >= 15 is 0 Å². The summed E-state index contributed by atoms with van der Waals surface area (Å²) in [5.74, 6) is 0. The van der Waals surface area contributed by atoms with Crippen molar-refractivity contribution in [1.82, 2.24) is 4.98 Å². The first kappa shape index (κ1) is 13.9. The van der Waals surface area contributed by atoms with Gasteiger partial charge in [0.2, 0.25) is 0 Å². The van der Waals surface area contributed by atoms with E-state index in [1.807, 2.05) is 30.6 Å². The Balaban J connectivity index is 1.77. The summed E-state index contributed by atoms with van der Waals surface area (Å²) in [6.45, 7) is 2.19. The molecule has 0 spiro atoms. The third-order valence-electron chi connectivity index (χ3n) is 3.54. The van der Waals surface area contributed by atoms with Crippen molar-refractivity contribution in [2.45, 2.75) is 19.4 Å². The Hall–Kier alpha value is -2.06. The Kier molecular flexibility index (Phi) is 4.07. The van der Waals surface area contributed by atoms with Crippen molar-refractivity contribution in [1.29, 1.82) is 0 Å². The predicted molar refractivity (Wildman–Crippen MR) is 90.0 cm³/mol. The van der Waals surface area contributed by atoms with Crippen molar-refractivity contribution in [3.63, 3.8) is 0 Å². The summed E-state index contributed by atoms with van der Waals surface area (Å²) in [6.07, 6.45) is 4.68. The van der Waals surface area contributed by atoms with Gasteiger partial charge in [0.05, 0.1) is 0 Å². The molecular formula is C18H17ClN2. The molecule has 3 aromatic rings. The predicted octanol–water partition coefficient (Wildman–Crippen LogP) is 4.93. The lowest BCUT2D eigenvalue weighted by atomic mass is 10.1. The zero-order chi connectivity index (χ0) is 14.7. The second kappa shape index (κ2) is 6.15. The van der Waals surface area contributed by atoms with Crippen LogP contribution in [0, 0.1) is 0 Å². The van der Waals surface area contributed by atoms with E-state index in [1.165, 1.54) is 10.9 Å². The third-order valence-corrected chi connectivity index (χ3v) is 3.79. The first-order chi connectivity index (χ1) is 10.2. The molecule has 0 bridgehead atoms. The van der Waals surface area contributed by atoms with Gasteiger partial charge in [0.25, 0.3) is 0 Å². The standard InChI is InChI=1S/C18H17ClN2/c1-13(11-14-5-7-16(19)8-6-14)21-18-4-2-3-15-12-20-10-9-17(15)18/h2-10,12-13,21H,11H2,1H3. The molecule has 1 N–H and O–H groups in total. The highest BCUT2D eigenvalue weighted by atomic mass is 35.5. The monoisotopic (exact) mass is 296 g/mol. The molecule has 0 amide bonds. The van der Waals surface area contributed by atoms with Crippen molar-refractivity contribution in [3.05, 3.63) is 71.5 Å². The normalized spacial score (nSPS) is 12.3. The zero-order valence-corrected chi connectivity index (χ0v) is 12.6. The van der Waals surface area contributed by atoms with Gasteiger partial charge >= 0.3 is 0 Å². The van der Waals surface area contributed by atoms with Gasteiger partial charge in [-0.1, -0.05) is 35.9 Å². The van der Waals surface area contributed by atoms with Crippen molar-refractivity contribution in [2.75, 3.05) is 5.32 Å². The Labute approximate surface area is 129 Å². The smallest absolute Gasteiger partial charge is 0.0423 e. The molecule has 2 nitrogen and oxygen atoms in total. The van der Waals surface area contributed by atoms with E-state index < -0.39 is 0 Å². The summed E-state index contributed by atoms with van der Waals surface area (Å²) in [5.41, 5.74) is 2.43. The van der Waals surface area contributed by atoms with Crippen LogP contribution >= 0.6 is 11.6 Å². The number of pyridine rings is 1. The number of anilines is 1. The van der Waals surface area contributed by atoms with Crippen LogP contribution in [0.3, 0.4) is 0 Å². The molecule has 1 aromatic heterocycles. The van der Waals surface area contributed by atoms with Crippen LogP contribution in [0.15, 0.2) is 60.9 Å². The minimum Gasteiger partial charge on any atom is -0.382 e. The van der Waals surface area contributed by atoms with E-state index in [0.29, 0.717) is 6.04 Å². The molecule has 1 heterocycles. The lowest BCUT2D eigenvalue weighted by molar-refractivity contribution is 0.791. The van der Waals surface area contributed by atoms with Crippen LogP contribution in [-0.4, -0.2) is 11.0 Å². The van der Waals surface area contributed by atoms with E-state index in [2.05, 4.69) is 47.6 Å². The summed E-state index contributed by atoms with van der Waals surface area (Å²) in [4.78, 5) is 4.17. The quantitative estimate of drug-likeness (QED) is 0.738. The molecule has 0 fully saturated rings. The lowest BCUT2D eigenvalue weighted by Gasteiger charge is -2.17. The SMILES string of the molecule is CC(Cc1ccc(Cl)cc1)Nc1cccc2cnccc12. The van der Waals surface area contributed by atoms with Crippen molar-refractivity contribution < 1.29 is 0 Å². The molecule has 0 aliphatic rings. The average Bonchev–Trinajstić information content (AvgIpc) is 2.50. The van der Waals surface area contributed by atoms with Crippen molar-refractivity contribution >= 4 is 28.1 Å². The molecule has 0 aliphatic heterocycles. The maximum Gasteiger partial charge on any atom is 0.0423 e. The fourth-order valence-corrected chi connectivity index (χ4v) is 2.66. The van der Waals surface area contributed by atoms with E-state index in [4.69, 9.17) is 11.6 Å². The Bertz CT molecular complexity index is 732. The molecule has 21 heavy (non-hydrogen) atoms. The van der Waals surface area contributed by atoms with Gasteiger partial charge in [-0.15, -0.1) is 0 Å². The lowest BCUT2D eigenvalue weighted by Crippen LogP contribution is -2.18. The molecule has 2 aromatic carbocycles. The van der Waals surface area contributed by atoms with Crippen LogP contribution in [0.5, 0.6) is 0 Å². The molecule has 0 radical (unpaired) electrons. The van der Waals surface area contributed by atoms with E-state index in [1.54, 1.807) is 0 Å². The van der Waals surface area contributed by atoms with Gasteiger partial charge in [-0.2, -0.15) is 0 Å². The molecule has 0 aliphatic carbocycles. The van der Waals surface area contributed by atoms with E-state index in [9.17, 15) is 0 Å². The molecule has 1 atom stereocenters. The highest BCUT2D eigenvalue weighted by Gasteiger charge is 2.06. The van der Waals surface area contributed by atoms with Gasteiger partial charge in [0.15, 0.2) is 0 Å². The number of hydrogen-bond donors (Lipinski definition) is 1. The Morgan fingerprint density at radius 3 is 2.71 bits per heavy atom. The summed E-state index contributed by atoms with van der Waals surface area (Å²) in [7, 11) is 0.